The lowest BCUT2D eigenvalue weighted by Crippen LogP contribution is -2.41. The molecule has 32 heavy (non-hydrogen) atoms. The normalized spacial score (nSPS) is 15.2. The van der Waals surface area contributed by atoms with E-state index >= 15 is 0 Å². The maximum absolute atomic E-state index is 13.2. The first-order valence-electron chi connectivity index (χ1n) is 10.7. The Morgan fingerprint density at radius 3 is 2.44 bits per heavy atom. The van der Waals surface area contributed by atoms with Gasteiger partial charge in [-0.2, -0.15) is 0 Å². The monoisotopic (exact) mass is 466 g/mol. The quantitative estimate of drug-likeness (QED) is 0.516. The van der Waals surface area contributed by atoms with E-state index in [-0.39, 0.29) is 30.7 Å². The Balaban J connectivity index is 1.40. The minimum absolute atomic E-state index is 0.0157. The van der Waals surface area contributed by atoms with Gasteiger partial charge in [0.1, 0.15) is 0 Å². The second-order valence-corrected chi connectivity index (χ2v) is 8.69. The summed E-state index contributed by atoms with van der Waals surface area (Å²) in [6.45, 7) is 0.980. The second-order valence-electron chi connectivity index (χ2n) is 7.87. The molecular weight excluding hydrogens is 443 g/mol. The first kappa shape index (κ1) is 22.4. The molecule has 1 heterocycles. The molecule has 2 amide bonds. The van der Waals surface area contributed by atoms with E-state index in [0.717, 1.165) is 23.1 Å². The van der Waals surface area contributed by atoms with Crippen molar-refractivity contribution in [2.24, 2.45) is 0 Å². The highest BCUT2D eigenvalue weighted by molar-refractivity contribution is 6.42. The Labute approximate surface area is 198 Å². The number of carbonyl (C=O) groups excluding carboxylic acids is 2. The standard InChI is InChI=1S/C26H24Cl2N2O2/c27-22-11-10-18(16-23(22)28)17-29-24(31)12-13-25(32)30-15-14-19-6-4-5-9-21(19)26(30)20-7-2-1-3-8-20/h1-11,16,26H,12-15,17H2,(H,29,31). The van der Waals surface area contributed by atoms with Crippen LogP contribution < -0.4 is 5.32 Å². The number of hydrogen-bond acceptors (Lipinski definition) is 2. The topological polar surface area (TPSA) is 49.4 Å². The fourth-order valence-electron chi connectivity index (χ4n) is 4.13. The highest BCUT2D eigenvalue weighted by Gasteiger charge is 2.31. The molecule has 164 valence electrons. The number of fused-ring (bicyclic) bond motifs is 1. The number of carbonyl (C=O) groups is 2. The lowest BCUT2D eigenvalue weighted by Gasteiger charge is -2.38. The van der Waals surface area contributed by atoms with Gasteiger partial charge in [-0.25, -0.2) is 0 Å². The van der Waals surface area contributed by atoms with Gasteiger partial charge in [0.2, 0.25) is 11.8 Å². The van der Waals surface area contributed by atoms with Crippen LogP contribution in [0.3, 0.4) is 0 Å². The lowest BCUT2D eigenvalue weighted by molar-refractivity contribution is -0.135. The van der Waals surface area contributed by atoms with Crippen molar-refractivity contribution in [2.45, 2.75) is 31.8 Å². The third kappa shape index (κ3) is 5.14. The SMILES string of the molecule is O=C(CCC(=O)N1CCc2ccccc2C1c1ccccc1)NCc1ccc(Cl)c(Cl)c1. The third-order valence-corrected chi connectivity index (χ3v) is 6.50. The van der Waals surface area contributed by atoms with Gasteiger partial charge in [-0.3, -0.25) is 9.59 Å². The summed E-state index contributed by atoms with van der Waals surface area (Å²) in [6, 6.07) is 23.4. The Morgan fingerprint density at radius 2 is 1.66 bits per heavy atom. The zero-order valence-electron chi connectivity index (χ0n) is 17.6. The van der Waals surface area contributed by atoms with E-state index in [4.69, 9.17) is 23.2 Å². The summed E-state index contributed by atoms with van der Waals surface area (Å²) >= 11 is 12.0. The van der Waals surface area contributed by atoms with Crippen LogP contribution in [0.25, 0.3) is 0 Å². The van der Waals surface area contributed by atoms with Crippen LogP contribution in [0, 0.1) is 0 Å². The van der Waals surface area contributed by atoms with Crippen LogP contribution in [0.15, 0.2) is 72.8 Å². The first-order valence-corrected chi connectivity index (χ1v) is 11.4. The number of rotatable bonds is 6. The Bertz CT molecular complexity index is 1120. The fourth-order valence-corrected chi connectivity index (χ4v) is 4.45. The number of benzene rings is 3. The van der Waals surface area contributed by atoms with Crippen LogP contribution >= 0.6 is 23.2 Å². The van der Waals surface area contributed by atoms with Crippen LogP contribution in [0.5, 0.6) is 0 Å². The van der Waals surface area contributed by atoms with E-state index in [1.165, 1.54) is 5.56 Å². The van der Waals surface area contributed by atoms with Crippen LogP contribution in [0.2, 0.25) is 10.0 Å². The molecule has 1 atom stereocenters. The highest BCUT2D eigenvalue weighted by Crippen LogP contribution is 2.35. The molecule has 1 aliphatic rings. The van der Waals surface area contributed by atoms with Gasteiger partial charge in [-0.05, 0) is 40.8 Å². The van der Waals surface area contributed by atoms with Crippen molar-refractivity contribution in [3.05, 3.63) is 105 Å². The predicted octanol–water partition coefficient (Wildman–Crippen LogP) is 5.56. The lowest BCUT2D eigenvalue weighted by atomic mass is 9.88. The molecule has 0 radical (unpaired) electrons. The minimum atomic E-state index is -0.168. The molecular formula is C26H24Cl2N2O2. The average Bonchev–Trinajstić information content (AvgIpc) is 2.83. The Hall–Kier alpha value is -2.82. The summed E-state index contributed by atoms with van der Waals surface area (Å²) in [7, 11) is 0. The van der Waals surface area contributed by atoms with E-state index in [1.807, 2.05) is 41.3 Å². The molecule has 0 saturated carbocycles. The molecule has 0 aromatic heterocycles. The van der Waals surface area contributed by atoms with E-state index in [0.29, 0.717) is 23.1 Å². The van der Waals surface area contributed by atoms with Gasteiger partial charge in [-0.1, -0.05) is 83.9 Å². The summed E-state index contributed by atoms with van der Waals surface area (Å²) in [5, 5.41) is 3.78. The van der Waals surface area contributed by atoms with E-state index in [1.54, 1.807) is 12.1 Å². The van der Waals surface area contributed by atoms with Gasteiger partial charge in [-0.15, -0.1) is 0 Å². The molecule has 0 bridgehead atoms. The molecule has 3 aromatic rings. The number of nitrogens with zero attached hydrogens (tertiary/aromatic N) is 1. The van der Waals surface area contributed by atoms with Gasteiger partial charge >= 0.3 is 0 Å². The van der Waals surface area contributed by atoms with Crippen molar-refractivity contribution in [3.63, 3.8) is 0 Å². The molecule has 0 aliphatic carbocycles. The predicted molar refractivity (Wildman–Crippen MR) is 128 cm³/mol. The summed E-state index contributed by atoms with van der Waals surface area (Å²) in [5.74, 6) is -0.184. The molecule has 1 aliphatic heterocycles. The molecule has 0 saturated heterocycles. The van der Waals surface area contributed by atoms with Gasteiger partial charge in [0.05, 0.1) is 16.1 Å². The van der Waals surface area contributed by atoms with Gasteiger partial charge in [0.15, 0.2) is 0 Å². The summed E-state index contributed by atoms with van der Waals surface area (Å²) < 4.78 is 0. The average molecular weight is 467 g/mol. The highest BCUT2D eigenvalue weighted by atomic mass is 35.5. The molecule has 0 fully saturated rings. The summed E-state index contributed by atoms with van der Waals surface area (Å²) in [6.07, 6.45) is 1.12. The van der Waals surface area contributed by atoms with E-state index in [9.17, 15) is 9.59 Å². The molecule has 4 rings (SSSR count). The van der Waals surface area contributed by atoms with Crippen molar-refractivity contribution >= 4 is 35.0 Å². The van der Waals surface area contributed by atoms with Gasteiger partial charge < -0.3 is 10.2 Å². The minimum Gasteiger partial charge on any atom is -0.352 e. The smallest absolute Gasteiger partial charge is 0.223 e. The van der Waals surface area contributed by atoms with Gasteiger partial charge in [0, 0.05) is 25.9 Å². The number of amides is 2. The zero-order chi connectivity index (χ0) is 22.5. The van der Waals surface area contributed by atoms with Crippen LogP contribution in [0.4, 0.5) is 0 Å². The zero-order valence-corrected chi connectivity index (χ0v) is 19.1. The van der Waals surface area contributed by atoms with Crippen LogP contribution in [0.1, 0.15) is 41.1 Å². The fraction of sp³-hybridized carbons (Fsp3) is 0.231. The number of nitrogens with one attached hydrogen (secondary N) is 1. The first-order chi connectivity index (χ1) is 15.5. The summed E-state index contributed by atoms with van der Waals surface area (Å²) in [5.41, 5.74) is 4.36. The van der Waals surface area contributed by atoms with E-state index in [2.05, 4.69) is 29.6 Å². The van der Waals surface area contributed by atoms with Crippen LogP contribution in [-0.2, 0) is 22.6 Å². The Morgan fingerprint density at radius 1 is 0.906 bits per heavy atom. The van der Waals surface area contributed by atoms with Crippen molar-refractivity contribution in [2.75, 3.05) is 6.54 Å². The molecule has 6 heteroatoms. The van der Waals surface area contributed by atoms with Crippen molar-refractivity contribution in [1.29, 1.82) is 0 Å². The molecule has 3 aromatic carbocycles. The van der Waals surface area contributed by atoms with Crippen molar-refractivity contribution in [3.8, 4) is 0 Å². The molecule has 1 N–H and O–H groups in total. The van der Waals surface area contributed by atoms with Crippen molar-refractivity contribution < 1.29 is 9.59 Å². The van der Waals surface area contributed by atoms with E-state index < -0.39 is 0 Å². The molecule has 4 nitrogen and oxygen atoms in total. The number of halogens is 2. The largest absolute Gasteiger partial charge is 0.352 e. The molecule has 1 unspecified atom stereocenters. The Kier molecular flexibility index (Phi) is 7.13. The maximum atomic E-state index is 13.2. The summed E-state index contributed by atoms with van der Waals surface area (Å²) in [4.78, 5) is 27.4. The third-order valence-electron chi connectivity index (χ3n) is 5.76. The van der Waals surface area contributed by atoms with Gasteiger partial charge in [0.25, 0.3) is 0 Å². The van der Waals surface area contributed by atoms with Crippen LogP contribution in [-0.4, -0.2) is 23.3 Å². The van der Waals surface area contributed by atoms with Crippen molar-refractivity contribution in [1.82, 2.24) is 10.2 Å². The second kappa shape index (κ2) is 10.2. The molecule has 0 spiro atoms. The maximum Gasteiger partial charge on any atom is 0.223 e. The number of hydrogen-bond donors (Lipinski definition) is 1.